The fourth-order valence-corrected chi connectivity index (χ4v) is 3.52. The van der Waals surface area contributed by atoms with Gasteiger partial charge in [-0.3, -0.25) is 14.4 Å². The lowest BCUT2D eigenvalue weighted by atomic mass is 9.70. The van der Waals surface area contributed by atoms with Crippen LogP contribution in [0.5, 0.6) is 0 Å². The maximum atomic E-state index is 13.2. The van der Waals surface area contributed by atoms with Crippen LogP contribution in [0.15, 0.2) is 54.1 Å². The van der Waals surface area contributed by atoms with E-state index < -0.39 is 41.0 Å². The zero-order chi connectivity index (χ0) is 24.4. The molecule has 33 heavy (non-hydrogen) atoms. The number of aliphatic hydroxyl groups is 1. The third-order valence-electron chi connectivity index (χ3n) is 5.14. The number of nitrogens with one attached hydrogen (secondary N) is 1. The van der Waals surface area contributed by atoms with Crippen molar-refractivity contribution in [2.75, 3.05) is 6.54 Å². The zero-order valence-electron chi connectivity index (χ0n) is 19.4. The summed E-state index contributed by atoms with van der Waals surface area (Å²) < 4.78 is 5.16. The van der Waals surface area contributed by atoms with Gasteiger partial charge in [-0.25, -0.2) is 0 Å². The molecule has 0 unspecified atom stereocenters. The molecule has 3 rings (SSSR count). The normalized spacial score (nSPS) is 14.6. The number of Topliss-reactive ketones (excluding diaryl/α,β-unsaturated/α-hetero) is 1. The molecule has 6 nitrogen and oxygen atoms in total. The third-order valence-corrected chi connectivity index (χ3v) is 5.14. The first kappa shape index (κ1) is 23.8. The fraction of sp³-hybridized carbons (Fsp3) is 0.296. The van der Waals surface area contributed by atoms with Crippen LogP contribution in [0.1, 0.15) is 56.9 Å². The monoisotopic (exact) mass is 445 g/mol. The lowest BCUT2D eigenvalue weighted by Crippen LogP contribution is -2.43. The number of aliphatic hydroxyl groups excluding tert-OH is 1. The van der Waals surface area contributed by atoms with Gasteiger partial charge >= 0.3 is 5.97 Å². The minimum atomic E-state index is -1.08. The molecular weight excluding hydrogens is 418 g/mol. The molecule has 6 heteroatoms. The smallest absolute Gasteiger partial charge is 0.325 e. The molecule has 0 heterocycles. The first-order valence-electron chi connectivity index (χ1n) is 10.6. The molecule has 2 N–H and O–H groups in total. The van der Waals surface area contributed by atoms with Gasteiger partial charge in [-0.1, -0.05) is 30.0 Å². The van der Waals surface area contributed by atoms with E-state index in [0.29, 0.717) is 16.7 Å². The van der Waals surface area contributed by atoms with Gasteiger partial charge in [0.25, 0.3) is 5.91 Å². The molecule has 1 aliphatic carbocycles. The number of benzene rings is 2. The van der Waals surface area contributed by atoms with E-state index in [9.17, 15) is 19.5 Å². The van der Waals surface area contributed by atoms with Crippen molar-refractivity contribution in [2.45, 2.75) is 45.6 Å². The minimum absolute atomic E-state index is 0.376. The minimum Gasteiger partial charge on any atom is -0.506 e. The molecule has 0 radical (unpaired) electrons. The van der Waals surface area contributed by atoms with E-state index in [4.69, 9.17) is 4.74 Å². The first-order chi connectivity index (χ1) is 15.4. The van der Waals surface area contributed by atoms with Crippen LogP contribution in [-0.2, 0) is 24.5 Å². The number of carbonyl (C=O) groups is 3. The SMILES string of the molecule is CC(C)(C)OC(=O)CNC(=O)C1=C(O)c2ccc(C#Cc3ccccc3)cc2C(C)(C)C1=O. The molecule has 0 bridgehead atoms. The van der Waals surface area contributed by atoms with Gasteiger partial charge in [0.2, 0.25) is 0 Å². The van der Waals surface area contributed by atoms with E-state index in [1.54, 1.807) is 52.8 Å². The largest absolute Gasteiger partial charge is 0.506 e. The number of rotatable bonds is 3. The van der Waals surface area contributed by atoms with Crippen LogP contribution in [-0.4, -0.2) is 34.9 Å². The van der Waals surface area contributed by atoms with Gasteiger partial charge in [-0.15, -0.1) is 0 Å². The highest BCUT2D eigenvalue weighted by Gasteiger charge is 2.43. The summed E-state index contributed by atoms with van der Waals surface area (Å²) in [6.45, 7) is 8.10. The summed E-state index contributed by atoms with van der Waals surface area (Å²) in [7, 11) is 0. The number of amides is 1. The molecule has 170 valence electrons. The molecule has 0 atom stereocenters. The van der Waals surface area contributed by atoms with E-state index in [-0.39, 0.29) is 5.57 Å². The summed E-state index contributed by atoms with van der Waals surface area (Å²) in [4.78, 5) is 37.9. The predicted octanol–water partition coefficient (Wildman–Crippen LogP) is 3.67. The van der Waals surface area contributed by atoms with E-state index >= 15 is 0 Å². The van der Waals surface area contributed by atoms with E-state index in [2.05, 4.69) is 17.2 Å². The Morgan fingerprint density at radius 2 is 1.67 bits per heavy atom. The van der Waals surface area contributed by atoms with Crippen molar-refractivity contribution in [1.82, 2.24) is 5.32 Å². The Hall–Kier alpha value is -3.85. The maximum Gasteiger partial charge on any atom is 0.325 e. The Kier molecular flexibility index (Phi) is 6.46. The summed E-state index contributed by atoms with van der Waals surface area (Å²) in [5.41, 5.74) is 0.345. The van der Waals surface area contributed by atoms with Crippen molar-refractivity contribution in [2.24, 2.45) is 0 Å². The van der Waals surface area contributed by atoms with Crippen LogP contribution in [0.25, 0.3) is 5.76 Å². The van der Waals surface area contributed by atoms with E-state index in [1.807, 2.05) is 30.3 Å². The Balaban J connectivity index is 1.90. The lowest BCUT2D eigenvalue weighted by molar-refractivity contribution is -0.154. The maximum absolute atomic E-state index is 13.2. The lowest BCUT2D eigenvalue weighted by Gasteiger charge is -2.32. The highest BCUT2D eigenvalue weighted by molar-refractivity contribution is 6.28. The molecule has 2 aromatic rings. The molecule has 0 saturated carbocycles. The number of fused-ring (bicyclic) bond motifs is 1. The van der Waals surface area contributed by atoms with Crippen LogP contribution in [0.3, 0.4) is 0 Å². The van der Waals surface area contributed by atoms with Crippen molar-refractivity contribution in [1.29, 1.82) is 0 Å². The van der Waals surface area contributed by atoms with Crippen molar-refractivity contribution < 1.29 is 24.2 Å². The average molecular weight is 446 g/mol. The molecule has 0 spiro atoms. The Morgan fingerprint density at radius 1 is 1.03 bits per heavy atom. The van der Waals surface area contributed by atoms with Crippen molar-refractivity contribution >= 4 is 23.4 Å². The molecule has 0 aromatic heterocycles. The Bertz CT molecular complexity index is 1200. The third kappa shape index (κ3) is 5.32. The summed E-state index contributed by atoms with van der Waals surface area (Å²) in [5, 5.41) is 13.2. The van der Waals surface area contributed by atoms with Crippen LogP contribution in [0, 0.1) is 11.8 Å². The van der Waals surface area contributed by atoms with Gasteiger partial charge in [0.1, 0.15) is 23.5 Å². The van der Waals surface area contributed by atoms with Crippen LogP contribution in [0.4, 0.5) is 0 Å². The van der Waals surface area contributed by atoms with Gasteiger partial charge in [0.15, 0.2) is 5.78 Å². The molecule has 0 saturated heterocycles. The predicted molar refractivity (Wildman–Crippen MR) is 125 cm³/mol. The first-order valence-corrected chi connectivity index (χ1v) is 10.6. The van der Waals surface area contributed by atoms with Gasteiger partial charge in [0, 0.05) is 16.7 Å². The second-order valence-corrected chi connectivity index (χ2v) is 9.32. The highest BCUT2D eigenvalue weighted by atomic mass is 16.6. The molecule has 0 fully saturated rings. The number of esters is 1. The Labute approximate surface area is 193 Å². The molecular formula is C27H27NO5. The molecule has 0 aliphatic heterocycles. The molecule has 2 aromatic carbocycles. The molecule has 1 aliphatic rings. The van der Waals surface area contributed by atoms with Gasteiger partial charge in [-0.2, -0.15) is 0 Å². The second kappa shape index (κ2) is 8.95. The second-order valence-electron chi connectivity index (χ2n) is 9.32. The van der Waals surface area contributed by atoms with Crippen molar-refractivity contribution in [3.8, 4) is 11.8 Å². The van der Waals surface area contributed by atoms with Crippen LogP contribution in [0.2, 0.25) is 0 Å². The highest BCUT2D eigenvalue weighted by Crippen LogP contribution is 2.39. The summed E-state index contributed by atoms with van der Waals surface area (Å²) in [6, 6.07) is 14.6. The number of hydrogen-bond acceptors (Lipinski definition) is 5. The number of carbonyl (C=O) groups excluding carboxylic acids is 3. The standard InChI is InChI=1S/C27H27NO5/c1-26(2,3)33-21(29)16-28-25(32)22-23(30)19-14-13-18(12-11-17-9-7-6-8-10-17)15-20(19)27(4,5)24(22)31/h6-10,13-15,30H,16H2,1-5H3,(H,28,32). The van der Waals surface area contributed by atoms with E-state index in [0.717, 1.165) is 5.56 Å². The van der Waals surface area contributed by atoms with Gasteiger partial charge < -0.3 is 15.2 Å². The fourth-order valence-electron chi connectivity index (χ4n) is 3.52. The van der Waals surface area contributed by atoms with E-state index in [1.165, 1.54) is 0 Å². The number of ketones is 1. The molecule has 1 amide bonds. The summed E-state index contributed by atoms with van der Waals surface area (Å²) in [5.74, 6) is 3.72. The summed E-state index contributed by atoms with van der Waals surface area (Å²) in [6.07, 6.45) is 0. The Morgan fingerprint density at radius 3 is 2.30 bits per heavy atom. The van der Waals surface area contributed by atoms with Gasteiger partial charge in [0.05, 0.1) is 5.41 Å². The average Bonchev–Trinajstić information content (AvgIpc) is 2.75. The number of hydrogen-bond donors (Lipinski definition) is 2. The van der Waals surface area contributed by atoms with Crippen molar-refractivity contribution in [3.05, 3.63) is 76.4 Å². The zero-order valence-corrected chi connectivity index (χ0v) is 19.4. The quantitative estimate of drug-likeness (QED) is 0.427. The summed E-state index contributed by atoms with van der Waals surface area (Å²) >= 11 is 0. The van der Waals surface area contributed by atoms with Crippen molar-refractivity contribution in [3.63, 3.8) is 0 Å². The van der Waals surface area contributed by atoms with Crippen LogP contribution >= 0.6 is 0 Å². The van der Waals surface area contributed by atoms with Gasteiger partial charge in [-0.05, 0) is 70.5 Å². The van der Waals surface area contributed by atoms with Crippen LogP contribution < -0.4 is 5.32 Å². The number of ether oxygens (including phenoxy) is 1. The topological polar surface area (TPSA) is 92.7 Å².